The van der Waals surface area contributed by atoms with Gasteiger partial charge in [-0.2, -0.15) is 4.39 Å². The van der Waals surface area contributed by atoms with Crippen LogP contribution in [0.4, 0.5) is 10.1 Å². The molecule has 0 atom stereocenters. The lowest BCUT2D eigenvalue weighted by Crippen LogP contribution is -2.37. The fraction of sp³-hybridized carbons (Fsp3) is 0.368. The summed E-state index contributed by atoms with van der Waals surface area (Å²) in [6, 6.07) is 9.15. The maximum atomic E-state index is 14.0. The SMILES string of the molecule is CCN1CCC(C)(C)c2ccc(-c3ccc(C(N)=O)c(F)n3)cc21. The lowest BCUT2D eigenvalue weighted by Gasteiger charge is -2.40. The van der Waals surface area contributed by atoms with Crippen LogP contribution in [0, 0.1) is 5.95 Å². The normalized spacial score (nSPS) is 15.9. The van der Waals surface area contributed by atoms with Gasteiger partial charge < -0.3 is 10.6 Å². The van der Waals surface area contributed by atoms with Crippen molar-refractivity contribution >= 4 is 11.6 Å². The topological polar surface area (TPSA) is 59.2 Å². The summed E-state index contributed by atoms with van der Waals surface area (Å²) in [4.78, 5) is 17.4. The Morgan fingerprint density at radius 1 is 1.33 bits per heavy atom. The highest BCUT2D eigenvalue weighted by Gasteiger charge is 2.30. The number of carbonyl (C=O) groups is 1. The molecular weight excluding hydrogens is 305 g/mol. The zero-order chi connectivity index (χ0) is 17.5. The summed E-state index contributed by atoms with van der Waals surface area (Å²) in [6.07, 6.45) is 1.10. The van der Waals surface area contributed by atoms with E-state index in [9.17, 15) is 9.18 Å². The molecule has 0 bridgehead atoms. The predicted octanol–water partition coefficient (Wildman–Crippen LogP) is 3.49. The van der Waals surface area contributed by atoms with E-state index in [0.717, 1.165) is 25.1 Å². The summed E-state index contributed by atoms with van der Waals surface area (Å²) in [5.41, 5.74) is 8.87. The molecule has 1 aromatic heterocycles. The van der Waals surface area contributed by atoms with Crippen LogP contribution >= 0.6 is 0 Å². The van der Waals surface area contributed by atoms with E-state index in [0.29, 0.717) is 5.69 Å². The van der Waals surface area contributed by atoms with Crippen molar-refractivity contribution in [2.45, 2.75) is 32.6 Å². The van der Waals surface area contributed by atoms with Crippen LogP contribution in [0.15, 0.2) is 30.3 Å². The van der Waals surface area contributed by atoms with Crippen molar-refractivity contribution in [3.8, 4) is 11.3 Å². The van der Waals surface area contributed by atoms with Crippen molar-refractivity contribution in [3.63, 3.8) is 0 Å². The van der Waals surface area contributed by atoms with Gasteiger partial charge in [-0.05, 0) is 42.5 Å². The molecule has 2 aromatic rings. The number of halogens is 1. The first-order valence-corrected chi connectivity index (χ1v) is 8.19. The number of amides is 1. The predicted molar refractivity (Wildman–Crippen MR) is 93.7 cm³/mol. The second-order valence-electron chi connectivity index (χ2n) is 6.84. The number of anilines is 1. The highest BCUT2D eigenvalue weighted by Crippen LogP contribution is 2.41. The maximum Gasteiger partial charge on any atom is 0.253 e. The second kappa shape index (κ2) is 5.89. The van der Waals surface area contributed by atoms with Crippen molar-refractivity contribution in [2.24, 2.45) is 5.73 Å². The van der Waals surface area contributed by atoms with Gasteiger partial charge in [-0.3, -0.25) is 4.79 Å². The lowest BCUT2D eigenvalue weighted by molar-refractivity contribution is 0.0995. The number of aromatic nitrogens is 1. The minimum atomic E-state index is -0.828. The van der Waals surface area contributed by atoms with E-state index in [1.165, 1.54) is 17.3 Å². The molecule has 126 valence electrons. The van der Waals surface area contributed by atoms with E-state index >= 15 is 0 Å². The van der Waals surface area contributed by atoms with E-state index in [2.05, 4.69) is 42.8 Å². The minimum absolute atomic E-state index is 0.119. The lowest BCUT2D eigenvalue weighted by atomic mass is 9.77. The number of rotatable bonds is 3. The monoisotopic (exact) mass is 327 g/mol. The Labute approximate surface area is 141 Å². The van der Waals surface area contributed by atoms with Gasteiger partial charge in [0.25, 0.3) is 5.91 Å². The smallest absolute Gasteiger partial charge is 0.253 e. The summed E-state index contributed by atoms with van der Waals surface area (Å²) in [6.45, 7) is 8.56. The van der Waals surface area contributed by atoms with E-state index in [4.69, 9.17) is 5.73 Å². The van der Waals surface area contributed by atoms with Crippen LogP contribution in [0.3, 0.4) is 0 Å². The molecule has 1 aromatic carbocycles. The molecule has 0 radical (unpaired) electrons. The Bertz CT molecular complexity index is 801. The van der Waals surface area contributed by atoms with Gasteiger partial charge in [0.1, 0.15) is 0 Å². The standard InChI is InChI=1S/C19H22FN3O/c1-4-23-10-9-19(2,3)14-7-5-12(11-16(14)23)15-8-6-13(18(21)24)17(20)22-15/h5-8,11H,4,9-10H2,1-3H3,(H2,21,24). The van der Waals surface area contributed by atoms with Crippen LogP contribution < -0.4 is 10.6 Å². The van der Waals surface area contributed by atoms with Crippen LogP contribution in [-0.2, 0) is 5.41 Å². The summed E-state index contributed by atoms with van der Waals surface area (Å²) >= 11 is 0. The highest BCUT2D eigenvalue weighted by atomic mass is 19.1. The number of benzene rings is 1. The first kappa shape index (κ1) is 16.4. The molecule has 0 aliphatic carbocycles. The zero-order valence-electron chi connectivity index (χ0n) is 14.3. The molecule has 0 spiro atoms. The number of primary amides is 1. The molecule has 3 rings (SSSR count). The summed E-state index contributed by atoms with van der Waals surface area (Å²) in [7, 11) is 0. The molecule has 0 unspecified atom stereocenters. The third kappa shape index (κ3) is 2.75. The van der Waals surface area contributed by atoms with Crippen molar-refractivity contribution in [2.75, 3.05) is 18.0 Å². The van der Waals surface area contributed by atoms with Gasteiger partial charge in [-0.25, -0.2) is 4.98 Å². The van der Waals surface area contributed by atoms with Gasteiger partial charge in [-0.1, -0.05) is 26.0 Å². The van der Waals surface area contributed by atoms with E-state index in [1.807, 2.05) is 6.07 Å². The Balaban J connectivity index is 2.08. The molecular formula is C19H22FN3O. The van der Waals surface area contributed by atoms with Crippen molar-refractivity contribution in [1.82, 2.24) is 4.98 Å². The van der Waals surface area contributed by atoms with Gasteiger partial charge in [-0.15, -0.1) is 0 Å². The van der Waals surface area contributed by atoms with Crippen LogP contribution in [0.2, 0.25) is 0 Å². The Hall–Kier alpha value is -2.43. The number of nitrogens with zero attached hydrogens (tertiary/aromatic N) is 2. The quantitative estimate of drug-likeness (QED) is 0.878. The summed E-state index contributed by atoms with van der Waals surface area (Å²) in [5, 5.41) is 0. The first-order valence-electron chi connectivity index (χ1n) is 8.19. The second-order valence-corrected chi connectivity index (χ2v) is 6.84. The average molecular weight is 327 g/mol. The van der Waals surface area contributed by atoms with Gasteiger partial charge in [0.05, 0.1) is 11.3 Å². The molecule has 1 aliphatic rings. The first-order chi connectivity index (χ1) is 11.3. The third-order valence-corrected chi connectivity index (χ3v) is 4.87. The molecule has 2 heterocycles. The molecule has 0 saturated carbocycles. The van der Waals surface area contributed by atoms with Gasteiger partial charge in [0, 0.05) is 24.3 Å². The highest BCUT2D eigenvalue weighted by molar-refractivity contribution is 5.93. The van der Waals surface area contributed by atoms with Gasteiger partial charge in [0.2, 0.25) is 5.95 Å². The number of fused-ring (bicyclic) bond motifs is 1. The molecule has 1 amide bonds. The van der Waals surface area contributed by atoms with Crippen LogP contribution in [0.5, 0.6) is 0 Å². The van der Waals surface area contributed by atoms with Crippen molar-refractivity contribution < 1.29 is 9.18 Å². The molecule has 24 heavy (non-hydrogen) atoms. The molecule has 4 nitrogen and oxygen atoms in total. The number of carbonyl (C=O) groups excluding carboxylic acids is 1. The van der Waals surface area contributed by atoms with E-state index < -0.39 is 11.9 Å². The Morgan fingerprint density at radius 3 is 2.71 bits per heavy atom. The van der Waals surface area contributed by atoms with Crippen LogP contribution in [0.1, 0.15) is 43.1 Å². The van der Waals surface area contributed by atoms with Gasteiger partial charge >= 0.3 is 0 Å². The number of hydrogen-bond donors (Lipinski definition) is 1. The third-order valence-electron chi connectivity index (χ3n) is 4.87. The minimum Gasteiger partial charge on any atom is -0.372 e. The average Bonchev–Trinajstić information content (AvgIpc) is 2.54. The number of hydrogen-bond acceptors (Lipinski definition) is 3. The fourth-order valence-electron chi connectivity index (χ4n) is 3.30. The van der Waals surface area contributed by atoms with Crippen molar-refractivity contribution in [3.05, 3.63) is 47.4 Å². The van der Waals surface area contributed by atoms with E-state index in [1.54, 1.807) is 6.07 Å². The molecule has 0 saturated heterocycles. The number of pyridine rings is 1. The van der Waals surface area contributed by atoms with Gasteiger partial charge in [0.15, 0.2) is 0 Å². The largest absolute Gasteiger partial charge is 0.372 e. The Morgan fingerprint density at radius 2 is 2.08 bits per heavy atom. The number of nitrogens with two attached hydrogens (primary N) is 1. The maximum absolute atomic E-state index is 14.0. The Kier molecular flexibility index (Phi) is 4.03. The molecule has 0 fully saturated rings. The van der Waals surface area contributed by atoms with Crippen LogP contribution in [0.25, 0.3) is 11.3 Å². The van der Waals surface area contributed by atoms with E-state index in [-0.39, 0.29) is 11.0 Å². The fourth-order valence-corrected chi connectivity index (χ4v) is 3.30. The zero-order valence-corrected chi connectivity index (χ0v) is 14.3. The molecule has 5 heteroatoms. The summed E-state index contributed by atoms with van der Waals surface area (Å²) < 4.78 is 14.0. The molecule has 2 N–H and O–H groups in total. The molecule has 1 aliphatic heterocycles. The van der Waals surface area contributed by atoms with Crippen molar-refractivity contribution in [1.29, 1.82) is 0 Å². The van der Waals surface area contributed by atoms with Crippen LogP contribution in [-0.4, -0.2) is 24.0 Å². The summed E-state index contributed by atoms with van der Waals surface area (Å²) in [5.74, 6) is -1.64.